The van der Waals surface area contributed by atoms with Gasteiger partial charge in [-0.3, -0.25) is 5.41 Å². The molecule has 3 N–H and O–H groups in total. The van der Waals surface area contributed by atoms with E-state index >= 15 is 0 Å². The Kier molecular flexibility index (Phi) is 3.10. The zero-order valence-electron chi connectivity index (χ0n) is 9.44. The van der Waals surface area contributed by atoms with Crippen LogP contribution in [-0.2, 0) is 4.74 Å². The van der Waals surface area contributed by atoms with Crippen molar-refractivity contribution in [2.75, 3.05) is 25.2 Å². The number of likely N-dealkylation sites (N-methyl/N-ethyl adjacent to an activating group) is 1. The van der Waals surface area contributed by atoms with Crippen LogP contribution < -0.4 is 10.6 Å². The SMILES string of the molecule is CN(c1cccc(C(=N)N)c1)C1CCOC1. The highest BCUT2D eigenvalue weighted by Gasteiger charge is 2.20. The van der Waals surface area contributed by atoms with Crippen LogP contribution in [0, 0.1) is 5.41 Å². The van der Waals surface area contributed by atoms with Crippen LogP contribution in [-0.4, -0.2) is 32.1 Å². The molecule has 1 atom stereocenters. The maximum Gasteiger partial charge on any atom is 0.122 e. The molecule has 1 unspecified atom stereocenters. The zero-order valence-corrected chi connectivity index (χ0v) is 9.44. The fourth-order valence-corrected chi connectivity index (χ4v) is 1.93. The van der Waals surface area contributed by atoms with Gasteiger partial charge in [0, 0.05) is 24.9 Å². The highest BCUT2D eigenvalue weighted by atomic mass is 16.5. The van der Waals surface area contributed by atoms with Gasteiger partial charge < -0.3 is 15.4 Å². The molecule has 0 saturated carbocycles. The van der Waals surface area contributed by atoms with Crippen LogP contribution in [0.1, 0.15) is 12.0 Å². The molecule has 1 aromatic rings. The molecule has 0 spiro atoms. The second-order valence-corrected chi connectivity index (χ2v) is 4.09. The van der Waals surface area contributed by atoms with Crippen LogP contribution in [0.25, 0.3) is 0 Å². The van der Waals surface area contributed by atoms with E-state index in [1.807, 2.05) is 24.3 Å². The van der Waals surface area contributed by atoms with Crippen LogP contribution in [0.2, 0.25) is 0 Å². The number of nitrogens with zero attached hydrogens (tertiary/aromatic N) is 1. The van der Waals surface area contributed by atoms with Crippen molar-refractivity contribution in [2.24, 2.45) is 5.73 Å². The first-order chi connectivity index (χ1) is 7.68. The summed E-state index contributed by atoms with van der Waals surface area (Å²) >= 11 is 0. The summed E-state index contributed by atoms with van der Waals surface area (Å²) in [6, 6.07) is 8.19. The van der Waals surface area contributed by atoms with Gasteiger partial charge in [0.05, 0.1) is 12.6 Å². The molecule has 1 aromatic carbocycles. The van der Waals surface area contributed by atoms with Crippen molar-refractivity contribution in [3.8, 4) is 0 Å². The molecular formula is C12H17N3O. The monoisotopic (exact) mass is 219 g/mol. The van der Waals surface area contributed by atoms with Crippen molar-refractivity contribution in [3.05, 3.63) is 29.8 Å². The third kappa shape index (κ3) is 2.17. The summed E-state index contributed by atoms with van der Waals surface area (Å²) in [4.78, 5) is 2.19. The number of hydrogen-bond donors (Lipinski definition) is 2. The molecule has 1 aliphatic rings. The summed E-state index contributed by atoms with van der Waals surface area (Å²) in [6.45, 7) is 1.61. The van der Waals surface area contributed by atoms with E-state index in [2.05, 4.69) is 11.9 Å². The van der Waals surface area contributed by atoms with Crippen LogP contribution in [0.4, 0.5) is 5.69 Å². The summed E-state index contributed by atoms with van der Waals surface area (Å²) in [5.41, 5.74) is 7.33. The van der Waals surface area contributed by atoms with Gasteiger partial charge in [0.15, 0.2) is 0 Å². The molecule has 1 fully saturated rings. The van der Waals surface area contributed by atoms with Crippen LogP contribution >= 0.6 is 0 Å². The van der Waals surface area contributed by atoms with Crippen LogP contribution in [0.15, 0.2) is 24.3 Å². The Hall–Kier alpha value is -1.55. The number of anilines is 1. The smallest absolute Gasteiger partial charge is 0.122 e. The van der Waals surface area contributed by atoms with Crippen molar-refractivity contribution in [2.45, 2.75) is 12.5 Å². The van der Waals surface area contributed by atoms with Crippen molar-refractivity contribution in [1.29, 1.82) is 5.41 Å². The molecule has 0 radical (unpaired) electrons. The molecule has 0 amide bonds. The van der Waals surface area contributed by atoms with E-state index in [1.54, 1.807) is 0 Å². The average molecular weight is 219 g/mol. The Labute approximate surface area is 95.5 Å². The second-order valence-electron chi connectivity index (χ2n) is 4.09. The van der Waals surface area contributed by atoms with E-state index in [9.17, 15) is 0 Å². The molecule has 2 rings (SSSR count). The van der Waals surface area contributed by atoms with Crippen molar-refractivity contribution in [1.82, 2.24) is 0 Å². The maximum absolute atomic E-state index is 7.42. The first-order valence-corrected chi connectivity index (χ1v) is 5.43. The Morgan fingerprint density at radius 1 is 1.56 bits per heavy atom. The molecule has 4 nitrogen and oxygen atoms in total. The summed E-state index contributed by atoms with van der Waals surface area (Å²) in [6.07, 6.45) is 1.06. The van der Waals surface area contributed by atoms with Gasteiger partial charge in [-0.05, 0) is 18.6 Å². The number of ether oxygens (including phenoxy) is 1. The minimum absolute atomic E-state index is 0.109. The van der Waals surface area contributed by atoms with Gasteiger partial charge >= 0.3 is 0 Å². The number of hydrogen-bond acceptors (Lipinski definition) is 3. The van der Waals surface area contributed by atoms with Gasteiger partial charge in [-0.25, -0.2) is 0 Å². The highest BCUT2D eigenvalue weighted by Crippen LogP contribution is 2.20. The lowest BCUT2D eigenvalue weighted by molar-refractivity contribution is 0.193. The van der Waals surface area contributed by atoms with E-state index in [-0.39, 0.29) is 5.84 Å². The number of benzene rings is 1. The lowest BCUT2D eigenvalue weighted by Crippen LogP contribution is -2.31. The third-order valence-electron chi connectivity index (χ3n) is 3.02. The number of rotatable bonds is 3. The summed E-state index contributed by atoms with van der Waals surface area (Å²) in [5.74, 6) is 0.109. The number of nitrogens with two attached hydrogens (primary N) is 1. The summed E-state index contributed by atoms with van der Waals surface area (Å²) in [7, 11) is 2.05. The molecule has 0 aromatic heterocycles. The topological polar surface area (TPSA) is 62.3 Å². The highest BCUT2D eigenvalue weighted by molar-refractivity contribution is 5.95. The molecule has 0 bridgehead atoms. The van der Waals surface area contributed by atoms with E-state index in [0.29, 0.717) is 6.04 Å². The molecule has 1 aliphatic heterocycles. The molecular weight excluding hydrogens is 202 g/mol. The van der Waals surface area contributed by atoms with E-state index in [0.717, 1.165) is 30.9 Å². The molecule has 86 valence electrons. The Balaban J connectivity index is 2.18. The first-order valence-electron chi connectivity index (χ1n) is 5.43. The summed E-state index contributed by atoms with van der Waals surface area (Å²) in [5, 5.41) is 7.42. The van der Waals surface area contributed by atoms with Gasteiger partial charge in [0.1, 0.15) is 5.84 Å². The Bertz CT molecular complexity index is 386. The zero-order chi connectivity index (χ0) is 11.5. The molecule has 1 saturated heterocycles. The van der Waals surface area contributed by atoms with Gasteiger partial charge in [0.2, 0.25) is 0 Å². The van der Waals surface area contributed by atoms with Crippen molar-refractivity contribution >= 4 is 11.5 Å². The Morgan fingerprint density at radius 3 is 3.00 bits per heavy atom. The molecule has 1 heterocycles. The van der Waals surface area contributed by atoms with Crippen molar-refractivity contribution < 1.29 is 4.74 Å². The fourth-order valence-electron chi connectivity index (χ4n) is 1.93. The minimum Gasteiger partial charge on any atom is -0.384 e. The quantitative estimate of drug-likeness (QED) is 0.593. The number of nitrogens with one attached hydrogen (secondary N) is 1. The normalized spacial score (nSPS) is 19.7. The number of nitrogen functional groups attached to an aromatic ring is 1. The fraction of sp³-hybridized carbons (Fsp3) is 0.417. The molecule has 4 heteroatoms. The van der Waals surface area contributed by atoms with Gasteiger partial charge in [0.25, 0.3) is 0 Å². The van der Waals surface area contributed by atoms with Crippen LogP contribution in [0.5, 0.6) is 0 Å². The number of amidine groups is 1. The first kappa shape index (κ1) is 11.0. The van der Waals surface area contributed by atoms with E-state index < -0.39 is 0 Å². The molecule has 0 aliphatic carbocycles. The standard InChI is InChI=1S/C12H17N3O/c1-15(11-5-6-16-8-11)10-4-2-3-9(7-10)12(13)14/h2-4,7,11H,5-6,8H2,1H3,(H3,13,14). The Morgan fingerprint density at radius 2 is 2.38 bits per heavy atom. The van der Waals surface area contributed by atoms with Crippen molar-refractivity contribution in [3.63, 3.8) is 0 Å². The maximum atomic E-state index is 7.42. The second kappa shape index (κ2) is 4.53. The van der Waals surface area contributed by atoms with Gasteiger partial charge in [-0.15, -0.1) is 0 Å². The third-order valence-corrected chi connectivity index (χ3v) is 3.02. The van der Waals surface area contributed by atoms with Gasteiger partial charge in [-0.2, -0.15) is 0 Å². The minimum atomic E-state index is 0.109. The predicted molar refractivity (Wildman–Crippen MR) is 65.1 cm³/mol. The summed E-state index contributed by atoms with van der Waals surface area (Å²) < 4.78 is 5.37. The van der Waals surface area contributed by atoms with Gasteiger partial charge in [-0.1, -0.05) is 12.1 Å². The average Bonchev–Trinajstić information content (AvgIpc) is 2.81. The van der Waals surface area contributed by atoms with E-state index in [4.69, 9.17) is 15.9 Å². The lowest BCUT2D eigenvalue weighted by atomic mass is 10.1. The van der Waals surface area contributed by atoms with E-state index in [1.165, 1.54) is 0 Å². The molecule has 16 heavy (non-hydrogen) atoms. The lowest BCUT2D eigenvalue weighted by Gasteiger charge is -2.25. The predicted octanol–water partition coefficient (Wildman–Crippen LogP) is 1.20. The largest absolute Gasteiger partial charge is 0.384 e. The van der Waals surface area contributed by atoms with Crippen LogP contribution in [0.3, 0.4) is 0 Å².